The zero-order valence-electron chi connectivity index (χ0n) is 27.5. The average Bonchev–Trinajstić information content (AvgIpc) is 2.93. The smallest absolute Gasteiger partial charge is 0.303 e. The molecular formula is C36H71O4P. The van der Waals surface area contributed by atoms with Crippen molar-refractivity contribution in [3.63, 3.8) is 0 Å². The van der Waals surface area contributed by atoms with Crippen molar-refractivity contribution in [3.05, 3.63) is 24.3 Å². The van der Waals surface area contributed by atoms with E-state index in [9.17, 15) is 9.59 Å². The molecule has 4 nitrogen and oxygen atoms in total. The molecule has 0 aromatic carbocycles. The summed E-state index contributed by atoms with van der Waals surface area (Å²) in [5, 5.41) is 17.0. The van der Waals surface area contributed by atoms with Crippen LogP contribution < -0.4 is 0 Å². The van der Waals surface area contributed by atoms with Crippen molar-refractivity contribution in [1.29, 1.82) is 0 Å². The van der Waals surface area contributed by atoms with E-state index in [-0.39, 0.29) is 9.90 Å². The summed E-state index contributed by atoms with van der Waals surface area (Å²) in [7, 11) is 0. The number of hydrogen-bond donors (Lipinski definition) is 2. The molecule has 0 amide bonds. The first-order valence-corrected chi connectivity index (χ1v) is 17.3. The fraction of sp³-hybridized carbons (Fsp3) is 0.833. The molecule has 0 bridgehead atoms. The first-order chi connectivity index (χ1) is 19.5. The molecule has 0 radical (unpaired) electrons. The summed E-state index contributed by atoms with van der Waals surface area (Å²) in [4.78, 5) is 20.6. The highest BCUT2D eigenvalue weighted by molar-refractivity contribution is 6.92. The van der Waals surface area contributed by atoms with E-state index in [0.717, 1.165) is 25.7 Å². The van der Waals surface area contributed by atoms with Gasteiger partial charge in [-0.2, -0.15) is 9.90 Å². The number of carboxylic acids is 2. The number of allylic oxidation sites excluding steroid dienone is 4. The van der Waals surface area contributed by atoms with Crippen LogP contribution in [0.3, 0.4) is 0 Å². The number of aliphatic carboxylic acids is 2. The second-order valence-electron chi connectivity index (χ2n) is 11.5. The monoisotopic (exact) mass is 599 g/mol. The number of carboxylic acid groups (broad SMARTS) is 2. The van der Waals surface area contributed by atoms with Crippen LogP contribution in [-0.2, 0) is 9.59 Å². The van der Waals surface area contributed by atoms with Crippen LogP contribution in [0.4, 0.5) is 0 Å². The van der Waals surface area contributed by atoms with E-state index in [2.05, 4.69) is 38.2 Å². The van der Waals surface area contributed by atoms with E-state index in [1.165, 1.54) is 141 Å². The SMILES string of the molecule is CCCCCCCC/C=C\CCCCCCCC(=O)O.CCCCCCCC/C=C\CCCCCCCC(=O)O.P. The molecular weight excluding hydrogens is 527 g/mol. The predicted molar refractivity (Wildman–Crippen MR) is 185 cm³/mol. The normalized spacial score (nSPS) is 11.0. The Balaban J connectivity index is -0.000000688. The van der Waals surface area contributed by atoms with Crippen LogP contribution >= 0.6 is 9.90 Å². The van der Waals surface area contributed by atoms with Gasteiger partial charge in [-0.05, 0) is 64.2 Å². The third-order valence-corrected chi connectivity index (χ3v) is 7.30. The summed E-state index contributed by atoms with van der Waals surface area (Å²) in [5.74, 6) is -1.33. The summed E-state index contributed by atoms with van der Waals surface area (Å²) < 4.78 is 0. The van der Waals surface area contributed by atoms with Crippen molar-refractivity contribution < 1.29 is 19.8 Å². The molecule has 0 saturated heterocycles. The second-order valence-corrected chi connectivity index (χ2v) is 11.5. The lowest BCUT2D eigenvalue weighted by atomic mass is 10.1. The lowest BCUT2D eigenvalue weighted by molar-refractivity contribution is -0.138. The van der Waals surface area contributed by atoms with Gasteiger partial charge >= 0.3 is 11.9 Å². The molecule has 0 fully saturated rings. The summed E-state index contributed by atoms with van der Waals surface area (Å²) in [6, 6.07) is 0. The van der Waals surface area contributed by atoms with Crippen molar-refractivity contribution in [2.75, 3.05) is 0 Å². The highest BCUT2D eigenvalue weighted by Crippen LogP contribution is 2.11. The van der Waals surface area contributed by atoms with Crippen LogP contribution in [0.2, 0.25) is 0 Å². The number of hydrogen-bond acceptors (Lipinski definition) is 2. The molecule has 0 rings (SSSR count). The molecule has 1 unspecified atom stereocenters. The third kappa shape index (κ3) is 48.9. The second kappa shape index (κ2) is 41.0. The Kier molecular flexibility index (Phi) is 44.3. The third-order valence-electron chi connectivity index (χ3n) is 7.30. The minimum Gasteiger partial charge on any atom is -0.481 e. The van der Waals surface area contributed by atoms with Gasteiger partial charge in [0, 0.05) is 12.8 Å². The van der Waals surface area contributed by atoms with Gasteiger partial charge in [0.25, 0.3) is 0 Å². The molecule has 0 aromatic rings. The maximum absolute atomic E-state index is 10.3. The molecule has 0 aliphatic rings. The summed E-state index contributed by atoms with van der Waals surface area (Å²) in [6.07, 6.45) is 42.5. The molecule has 5 heteroatoms. The van der Waals surface area contributed by atoms with E-state index in [0.29, 0.717) is 12.8 Å². The van der Waals surface area contributed by atoms with Gasteiger partial charge in [-0.3, -0.25) is 9.59 Å². The molecule has 1 atom stereocenters. The van der Waals surface area contributed by atoms with E-state index in [1.54, 1.807) is 0 Å². The maximum Gasteiger partial charge on any atom is 0.303 e. The Bertz CT molecular complexity index is 524. The molecule has 41 heavy (non-hydrogen) atoms. The van der Waals surface area contributed by atoms with Gasteiger partial charge in [0.1, 0.15) is 0 Å². The molecule has 244 valence electrons. The van der Waals surface area contributed by atoms with E-state index < -0.39 is 11.9 Å². The van der Waals surface area contributed by atoms with Crippen LogP contribution in [0, 0.1) is 0 Å². The quantitative estimate of drug-likeness (QED) is 0.0490. The van der Waals surface area contributed by atoms with Crippen LogP contribution in [0.25, 0.3) is 0 Å². The first kappa shape index (κ1) is 44.3. The van der Waals surface area contributed by atoms with Crippen molar-refractivity contribution in [3.8, 4) is 0 Å². The van der Waals surface area contributed by atoms with Gasteiger partial charge in [-0.25, -0.2) is 0 Å². The van der Waals surface area contributed by atoms with Gasteiger partial charge < -0.3 is 10.2 Å². The van der Waals surface area contributed by atoms with Crippen molar-refractivity contribution >= 4 is 21.8 Å². The zero-order chi connectivity index (χ0) is 29.8. The van der Waals surface area contributed by atoms with E-state index >= 15 is 0 Å². The van der Waals surface area contributed by atoms with Crippen molar-refractivity contribution in [2.24, 2.45) is 0 Å². The predicted octanol–water partition coefficient (Wildman–Crippen LogP) is 12.3. The molecule has 0 heterocycles. The Morgan fingerprint density at radius 1 is 0.390 bits per heavy atom. The first-order valence-electron chi connectivity index (χ1n) is 17.3. The minimum atomic E-state index is -0.664. The van der Waals surface area contributed by atoms with Gasteiger partial charge in [0.2, 0.25) is 0 Å². The highest BCUT2D eigenvalue weighted by atomic mass is 31.0. The van der Waals surface area contributed by atoms with Crippen molar-refractivity contribution in [2.45, 2.75) is 194 Å². The summed E-state index contributed by atoms with van der Waals surface area (Å²) in [6.45, 7) is 4.52. The molecule has 2 N–H and O–H groups in total. The topological polar surface area (TPSA) is 74.6 Å². The summed E-state index contributed by atoms with van der Waals surface area (Å²) in [5.41, 5.74) is 0. The Morgan fingerprint density at radius 2 is 0.610 bits per heavy atom. The van der Waals surface area contributed by atoms with Crippen LogP contribution in [0.1, 0.15) is 194 Å². The average molecular weight is 599 g/mol. The minimum absolute atomic E-state index is 0. The van der Waals surface area contributed by atoms with Crippen molar-refractivity contribution in [1.82, 2.24) is 0 Å². The fourth-order valence-electron chi connectivity index (χ4n) is 4.69. The molecule has 0 aliphatic heterocycles. The molecule has 0 saturated carbocycles. The maximum atomic E-state index is 10.3. The van der Waals surface area contributed by atoms with Gasteiger partial charge in [0.05, 0.1) is 0 Å². The summed E-state index contributed by atoms with van der Waals surface area (Å²) >= 11 is 0. The van der Waals surface area contributed by atoms with E-state index in [4.69, 9.17) is 10.2 Å². The van der Waals surface area contributed by atoms with Gasteiger partial charge in [0.15, 0.2) is 0 Å². The molecule has 0 aliphatic carbocycles. The van der Waals surface area contributed by atoms with E-state index in [1.807, 2.05) is 0 Å². The number of carbonyl (C=O) groups is 2. The van der Waals surface area contributed by atoms with Crippen LogP contribution in [0.5, 0.6) is 0 Å². The van der Waals surface area contributed by atoms with Crippen LogP contribution in [0.15, 0.2) is 24.3 Å². The van der Waals surface area contributed by atoms with Crippen LogP contribution in [-0.4, -0.2) is 22.2 Å². The standard InChI is InChI=1S/2C18H34O2.H3P/c2*1-2-3-4-5-6-7-8-9-10-11-12-13-14-15-16-17-18(19)20;/h2*9-10H,2-8,11-17H2,1H3,(H,19,20);1H3/b2*10-9-;. The van der Waals surface area contributed by atoms with Gasteiger partial charge in [-0.1, -0.05) is 141 Å². The largest absolute Gasteiger partial charge is 0.481 e. The fourth-order valence-corrected chi connectivity index (χ4v) is 4.69. The lowest BCUT2D eigenvalue weighted by Gasteiger charge is -1.99. The molecule has 0 aromatic heterocycles. The van der Waals surface area contributed by atoms with Gasteiger partial charge in [-0.15, -0.1) is 0 Å². The number of rotatable bonds is 30. The zero-order valence-corrected chi connectivity index (χ0v) is 28.9. The number of unbranched alkanes of at least 4 members (excludes halogenated alkanes) is 22. The highest BCUT2D eigenvalue weighted by Gasteiger charge is 1.97. The lowest BCUT2D eigenvalue weighted by Crippen LogP contribution is -1.93. The Hall–Kier alpha value is -1.15. The Labute approximate surface area is 259 Å². The Morgan fingerprint density at radius 3 is 0.854 bits per heavy atom. The molecule has 0 spiro atoms.